The highest BCUT2D eigenvalue weighted by Gasteiger charge is 2.26. The summed E-state index contributed by atoms with van der Waals surface area (Å²) in [5, 5.41) is 3.40. The second kappa shape index (κ2) is 10.9. The number of benzene rings is 1. The Labute approximate surface area is 197 Å². The summed E-state index contributed by atoms with van der Waals surface area (Å²) in [6, 6.07) is 6.34. The standard InChI is InChI=1S/C24H28FN7O2/c1-31(2)12-5-10-21(33)32-13-11-17(15-32)28-23-22-24(27-16-26-23)30-20(29-22)9-6-14-34-19-8-4-3-7-18(19)25/h3-10,16-17H,11-15H2,1-2H3,(H2,26,27,28,29,30)/b9-6+,10-5+. The minimum Gasteiger partial charge on any atom is -0.486 e. The van der Waals surface area contributed by atoms with E-state index >= 15 is 0 Å². The van der Waals surface area contributed by atoms with E-state index in [-0.39, 0.29) is 24.3 Å². The lowest BCUT2D eigenvalue weighted by molar-refractivity contribution is -0.125. The molecule has 34 heavy (non-hydrogen) atoms. The maximum absolute atomic E-state index is 13.6. The van der Waals surface area contributed by atoms with Gasteiger partial charge in [-0.05, 0) is 44.8 Å². The summed E-state index contributed by atoms with van der Waals surface area (Å²) >= 11 is 0. The first kappa shape index (κ1) is 23.4. The molecule has 1 unspecified atom stereocenters. The van der Waals surface area contributed by atoms with Crippen molar-refractivity contribution in [2.75, 3.05) is 45.7 Å². The number of carbonyl (C=O) groups excluding carboxylic acids is 1. The van der Waals surface area contributed by atoms with Gasteiger partial charge < -0.3 is 24.8 Å². The van der Waals surface area contributed by atoms with Crippen LogP contribution in [0.5, 0.6) is 5.75 Å². The van der Waals surface area contributed by atoms with E-state index in [1.54, 1.807) is 36.4 Å². The van der Waals surface area contributed by atoms with Gasteiger partial charge in [0.05, 0.1) is 0 Å². The number of hydrogen-bond donors (Lipinski definition) is 2. The summed E-state index contributed by atoms with van der Waals surface area (Å²) in [7, 11) is 3.92. The van der Waals surface area contributed by atoms with Crippen molar-refractivity contribution in [3.05, 3.63) is 60.5 Å². The van der Waals surface area contributed by atoms with E-state index < -0.39 is 5.82 Å². The van der Waals surface area contributed by atoms with E-state index in [1.165, 1.54) is 12.4 Å². The number of nitrogens with zero attached hydrogens (tertiary/aromatic N) is 5. The van der Waals surface area contributed by atoms with Crippen molar-refractivity contribution >= 4 is 29.0 Å². The highest BCUT2D eigenvalue weighted by Crippen LogP contribution is 2.21. The average Bonchev–Trinajstić information content (AvgIpc) is 3.45. The molecule has 0 aliphatic carbocycles. The van der Waals surface area contributed by atoms with E-state index in [2.05, 4.69) is 25.3 Å². The molecular weight excluding hydrogens is 437 g/mol. The third-order valence-electron chi connectivity index (χ3n) is 5.32. The number of rotatable bonds is 9. The number of imidazole rings is 1. The normalized spacial score (nSPS) is 16.4. The number of amides is 1. The van der Waals surface area contributed by atoms with Gasteiger partial charge in [-0.2, -0.15) is 0 Å². The molecule has 0 saturated carbocycles. The van der Waals surface area contributed by atoms with Crippen LogP contribution in [-0.2, 0) is 4.79 Å². The quantitative estimate of drug-likeness (QED) is 0.469. The Bertz CT molecular complexity index is 1190. The zero-order valence-electron chi connectivity index (χ0n) is 19.2. The lowest BCUT2D eigenvalue weighted by Gasteiger charge is -2.16. The van der Waals surface area contributed by atoms with Crippen molar-refractivity contribution in [1.29, 1.82) is 0 Å². The number of aromatic nitrogens is 4. The largest absolute Gasteiger partial charge is 0.486 e. The number of ether oxygens (including phenoxy) is 1. The van der Waals surface area contributed by atoms with Gasteiger partial charge in [0, 0.05) is 31.8 Å². The predicted octanol–water partition coefficient (Wildman–Crippen LogP) is 2.71. The summed E-state index contributed by atoms with van der Waals surface area (Å²) in [4.78, 5) is 32.5. The fourth-order valence-corrected chi connectivity index (χ4v) is 3.63. The molecule has 2 N–H and O–H groups in total. The van der Waals surface area contributed by atoms with Crippen LogP contribution in [-0.4, -0.2) is 82.0 Å². The number of aromatic amines is 1. The number of nitrogens with one attached hydrogen (secondary N) is 2. The third kappa shape index (κ3) is 5.96. The SMILES string of the molecule is CN(C)C/C=C/C(=O)N1CCC(Nc2ncnc3[nH]c(/C=C/COc4ccccc4F)nc23)C1. The number of carbonyl (C=O) groups is 1. The Morgan fingerprint density at radius 3 is 3.00 bits per heavy atom. The topological polar surface area (TPSA) is 99.3 Å². The zero-order chi connectivity index (χ0) is 23.9. The highest BCUT2D eigenvalue weighted by atomic mass is 19.1. The zero-order valence-corrected chi connectivity index (χ0v) is 19.2. The van der Waals surface area contributed by atoms with E-state index in [9.17, 15) is 9.18 Å². The fourth-order valence-electron chi connectivity index (χ4n) is 3.63. The molecule has 1 atom stereocenters. The van der Waals surface area contributed by atoms with Gasteiger partial charge in [-0.25, -0.2) is 19.3 Å². The van der Waals surface area contributed by atoms with Gasteiger partial charge in [-0.1, -0.05) is 18.2 Å². The molecule has 178 valence electrons. The predicted molar refractivity (Wildman–Crippen MR) is 129 cm³/mol. The number of hydrogen-bond acceptors (Lipinski definition) is 7. The number of para-hydroxylation sites is 1. The van der Waals surface area contributed by atoms with Crippen LogP contribution >= 0.6 is 0 Å². The van der Waals surface area contributed by atoms with Gasteiger partial charge in [0.25, 0.3) is 0 Å². The van der Waals surface area contributed by atoms with Crippen LogP contribution in [0.2, 0.25) is 0 Å². The summed E-state index contributed by atoms with van der Waals surface area (Å²) in [6.45, 7) is 2.21. The Kier molecular flexibility index (Phi) is 7.48. The van der Waals surface area contributed by atoms with Gasteiger partial charge in [-0.15, -0.1) is 0 Å². The molecule has 2 aromatic heterocycles. The van der Waals surface area contributed by atoms with Crippen LogP contribution < -0.4 is 10.1 Å². The van der Waals surface area contributed by atoms with Crippen LogP contribution in [0.25, 0.3) is 17.2 Å². The minimum absolute atomic E-state index is 0.0174. The van der Waals surface area contributed by atoms with E-state index in [0.717, 1.165) is 13.0 Å². The Morgan fingerprint density at radius 1 is 1.32 bits per heavy atom. The van der Waals surface area contributed by atoms with E-state index in [1.807, 2.05) is 30.0 Å². The molecule has 1 fully saturated rings. The second-order valence-electron chi connectivity index (χ2n) is 8.26. The molecule has 1 aliphatic heterocycles. The molecule has 1 aliphatic rings. The number of H-pyrrole nitrogens is 1. The molecule has 4 rings (SSSR count). The van der Waals surface area contributed by atoms with Gasteiger partial charge in [0.1, 0.15) is 18.8 Å². The first-order valence-corrected chi connectivity index (χ1v) is 11.1. The van der Waals surface area contributed by atoms with Gasteiger partial charge >= 0.3 is 0 Å². The monoisotopic (exact) mass is 465 g/mol. The number of halogens is 1. The Balaban J connectivity index is 1.35. The maximum atomic E-state index is 13.6. The fraction of sp³-hybridized carbons (Fsp3) is 0.333. The molecule has 1 aromatic carbocycles. The summed E-state index contributed by atoms with van der Waals surface area (Å²) in [6.07, 6.45) is 9.30. The van der Waals surface area contributed by atoms with Crippen LogP contribution in [0.3, 0.4) is 0 Å². The lowest BCUT2D eigenvalue weighted by Crippen LogP contribution is -2.30. The van der Waals surface area contributed by atoms with Gasteiger partial charge in [0.15, 0.2) is 28.5 Å². The van der Waals surface area contributed by atoms with Crippen LogP contribution in [0.4, 0.5) is 10.2 Å². The second-order valence-corrected chi connectivity index (χ2v) is 8.26. The smallest absolute Gasteiger partial charge is 0.246 e. The molecule has 3 heterocycles. The van der Waals surface area contributed by atoms with Gasteiger partial charge in [0.2, 0.25) is 5.91 Å². The Morgan fingerprint density at radius 2 is 2.18 bits per heavy atom. The van der Waals surface area contributed by atoms with E-state index in [0.29, 0.717) is 35.9 Å². The molecule has 10 heteroatoms. The summed E-state index contributed by atoms with van der Waals surface area (Å²) in [5.74, 6) is 1.02. The summed E-state index contributed by atoms with van der Waals surface area (Å²) in [5.41, 5.74) is 1.22. The van der Waals surface area contributed by atoms with Crippen LogP contribution in [0, 0.1) is 5.82 Å². The van der Waals surface area contributed by atoms with Crippen molar-refractivity contribution in [1.82, 2.24) is 29.7 Å². The number of likely N-dealkylation sites (N-methyl/N-ethyl adjacent to an activating group) is 1. The number of likely N-dealkylation sites (tertiary alicyclic amines) is 1. The first-order chi connectivity index (χ1) is 16.5. The van der Waals surface area contributed by atoms with E-state index in [4.69, 9.17) is 4.74 Å². The van der Waals surface area contributed by atoms with Crippen molar-refractivity contribution in [2.24, 2.45) is 0 Å². The van der Waals surface area contributed by atoms with Crippen LogP contribution in [0.1, 0.15) is 12.2 Å². The van der Waals surface area contributed by atoms with Crippen molar-refractivity contribution < 1.29 is 13.9 Å². The minimum atomic E-state index is -0.401. The third-order valence-corrected chi connectivity index (χ3v) is 5.32. The first-order valence-electron chi connectivity index (χ1n) is 11.1. The molecule has 0 spiro atoms. The molecule has 3 aromatic rings. The molecule has 0 radical (unpaired) electrons. The van der Waals surface area contributed by atoms with Gasteiger partial charge in [-0.3, -0.25) is 4.79 Å². The van der Waals surface area contributed by atoms with Crippen molar-refractivity contribution in [2.45, 2.75) is 12.5 Å². The molecule has 9 nitrogen and oxygen atoms in total. The molecule has 0 bridgehead atoms. The Hall–Kier alpha value is -3.79. The van der Waals surface area contributed by atoms with Crippen LogP contribution in [0.15, 0.2) is 48.8 Å². The molecule has 1 amide bonds. The lowest BCUT2D eigenvalue weighted by atomic mass is 10.2. The average molecular weight is 466 g/mol. The van der Waals surface area contributed by atoms with Crippen molar-refractivity contribution in [3.8, 4) is 5.75 Å². The summed E-state index contributed by atoms with van der Waals surface area (Å²) < 4.78 is 19.1. The number of fused-ring (bicyclic) bond motifs is 1. The molecular formula is C24H28FN7O2. The number of anilines is 1. The van der Waals surface area contributed by atoms with Crippen molar-refractivity contribution in [3.63, 3.8) is 0 Å². The molecule has 1 saturated heterocycles. The highest BCUT2D eigenvalue weighted by molar-refractivity contribution is 5.88. The maximum Gasteiger partial charge on any atom is 0.246 e.